The zero-order valence-corrected chi connectivity index (χ0v) is 20.0. The van der Waals surface area contributed by atoms with Gasteiger partial charge < -0.3 is 5.11 Å². The number of rotatable bonds is 4. The van der Waals surface area contributed by atoms with Crippen molar-refractivity contribution < 1.29 is 5.11 Å². The fourth-order valence-corrected chi connectivity index (χ4v) is 8.10. The molecule has 4 aliphatic carbocycles. The van der Waals surface area contributed by atoms with Gasteiger partial charge in [-0.25, -0.2) is 0 Å². The molecule has 0 radical (unpaired) electrons. The van der Waals surface area contributed by atoms with Gasteiger partial charge in [0, 0.05) is 0 Å². The maximum absolute atomic E-state index is 10.3. The molecule has 1 nitrogen and oxygen atoms in total. The molecule has 4 aliphatic rings. The molecule has 3 fully saturated rings. The number of aliphatic hydroxyl groups excluding tert-OH is 1. The van der Waals surface area contributed by atoms with Crippen LogP contribution in [0.25, 0.3) is 0 Å². The third-order valence-corrected chi connectivity index (χ3v) is 10.5. The maximum atomic E-state index is 10.3. The Bertz CT molecular complexity index is 659. The lowest BCUT2D eigenvalue weighted by atomic mass is 9.45. The summed E-state index contributed by atoms with van der Waals surface area (Å²) in [6.07, 6.45) is 17.8. The monoisotopic (exact) mass is 398 g/mol. The molecule has 29 heavy (non-hydrogen) atoms. The number of allylic oxidation sites excluding steroid dienone is 4. The molecule has 3 saturated carbocycles. The van der Waals surface area contributed by atoms with Gasteiger partial charge in [-0.1, -0.05) is 65.3 Å². The number of hydrogen-bond acceptors (Lipinski definition) is 1. The van der Waals surface area contributed by atoms with Crippen molar-refractivity contribution in [3.8, 4) is 0 Å². The highest BCUT2D eigenvalue weighted by molar-refractivity contribution is 5.30. The Morgan fingerprint density at radius 3 is 2.48 bits per heavy atom. The standard InChI is InChI=1S/C28H46O/c1-18(2)19(3)7-8-20(4)24-11-12-25-23-10-9-21-17-22(29)13-15-27(21,5)26(23)14-16-28(24,25)6/h7-8,12,18-24,26,29H,9-11,13-17H2,1-6H3/b8-7+/t19-,20+,21?,22?,23-,24+,26-,27-,28+/m0/s1. The lowest BCUT2D eigenvalue weighted by Gasteiger charge is -2.59. The van der Waals surface area contributed by atoms with Crippen molar-refractivity contribution in [2.24, 2.45) is 52.3 Å². The van der Waals surface area contributed by atoms with Crippen LogP contribution in [0.3, 0.4) is 0 Å². The third-order valence-electron chi connectivity index (χ3n) is 10.5. The van der Waals surface area contributed by atoms with Gasteiger partial charge in [0.25, 0.3) is 0 Å². The van der Waals surface area contributed by atoms with Gasteiger partial charge in [-0.05, 0) is 104 Å². The molecule has 0 aromatic rings. The van der Waals surface area contributed by atoms with Crippen LogP contribution < -0.4 is 0 Å². The Labute approximate surface area is 180 Å². The highest BCUT2D eigenvalue weighted by Gasteiger charge is 2.57. The Balaban J connectivity index is 1.51. The lowest BCUT2D eigenvalue weighted by molar-refractivity contribution is -0.0852. The molecular weight excluding hydrogens is 352 g/mol. The topological polar surface area (TPSA) is 20.2 Å². The summed E-state index contributed by atoms with van der Waals surface area (Å²) in [4.78, 5) is 0. The Morgan fingerprint density at radius 1 is 1.00 bits per heavy atom. The van der Waals surface area contributed by atoms with E-state index in [1.54, 1.807) is 0 Å². The fraction of sp³-hybridized carbons (Fsp3) is 0.857. The molecule has 0 amide bonds. The van der Waals surface area contributed by atoms with Gasteiger partial charge in [0.1, 0.15) is 0 Å². The summed E-state index contributed by atoms with van der Waals surface area (Å²) in [6, 6.07) is 0. The summed E-state index contributed by atoms with van der Waals surface area (Å²) in [5, 5.41) is 10.3. The normalized spacial score (nSPS) is 46.8. The van der Waals surface area contributed by atoms with Crippen LogP contribution in [-0.4, -0.2) is 11.2 Å². The van der Waals surface area contributed by atoms with E-state index in [4.69, 9.17) is 0 Å². The SMILES string of the molecule is CC(C)[C@@H](C)/C=C/[C@@H](C)[C@H]1CC=C2[C@@H]3CCC4CC(O)CC[C@]4(C)[C@H]3CC[C@@]21C. The van der Waals surface area contributed by atoms with Gasteiger partial charge >= 0.3 is 0 Å². The highest BCUT2D eigenvalue weighted by Crippen LogP contribution is 2.66. The molecule has 0 aromatic heterocycles. The van der Waals surface area contributed by atoms with E-state index in [0.717, 1.165) is 42.4 Å². The Hall–Kier alpha value is -0.560. The van der Waals surface area contributed by atoms with Crippen LogP contribution in [0.4, 0.5) is 0 Å². The largest absolute Gasteiger partial charge is 0.393 e. The first-order valence-corrected chi connectivity index (χ1v) is 12.7. The number of hydrogen-bond donors (Lipinski definition) is 1. The molecule has 0 aliphatic heterocycles. The average Bonchev–Trinajstić information content (AvgIpc) is 3.03. The van der Waals surface area contributed by atoms with Crippen molar-refractivity contribution in [1.29, 1.82) is 0 Å². The highest BCUT2D eigenvalue weighted by atomic mass is 16.3. The molecular formula is C28H46O. The first-order valence-electron chi connectivity index (χ1n) is 12.7. The molecule has 4 rings (SSSR count). The van der Waals surface area contributed by atoms with Crippen molar-refractivity contribution in [3.05, 3.63) is 23.8 Å². The summed E-state index contributed by atoms with van der Waals surface area (Å²) < 4.78 is 0. The van der Waals surface area contributed by atoms with E-state index in [9.17, 15) is 5.11 Å². The quantitative estimate of drug-likeness (QED) is 0.489. The first kappa shape index (κ1) is 21.7. The summed E-state index contributed by atoms with van der Waals surface area (Å²) in [6.45, 7) is 14.7. The minimum atomic E-state index is -0.0329. The molecule has 1 N–H and O–H groups in total. The van der Waals surface area contributed by atoms with E-state index in [1.165, 1.54) is 38.5 Å². The lowest BCUT2D eigenvalue weighted by Crippen LogP contribution is -2.52. The minimum absolute atomic E-state index is 0.0329. The molecule has 0 saturated heterocycles. The van der Waals surface area contributed by atoms with Crippen LogP contribution in [0.5, 0.6) is 0 Å². The van der Waals surface area contributed by atoms with Gasteiger partial charge in [0.15, 0.2) is 0 Å². The predicted molar refractivity (Wildman–Crippen MR) is 124 cm³/mol. The van der Waals surface area contributed by atoms with Crippen LogP contribution in [-0.2, 0) is 0 Å². The van der Waals surface area contributed by atoms with Crippen LogP contribution in [0.15, 0.2) is 23.8 Å². The number of fused-ring (bicyclic) bond motifs is 5. The van der Waals surface area contributed by atoms with E-state index in [-0.39, 0.29) is 6.10 Å². The van der Waals surface area contributed by atoms with E-state index in [0.29, 0.717) is 22.7 Å². The van der Waals surface area contributed by atoms with Crippen molar-refractivity contribution >= 4 is 0 Å². The van der Waals surface area contributed by atoms with Gasteiger partial charge in [-0.2, -0.15) is 0 Å². The van der Waals surface area contributed by atoms with Crippen molar-refractivity contribution in [2.45, 2.75) is 99.0 Å². The van der Waals surface area contributed by atoms with Gasteiger partial charge in [-0.15, -0.1) is 0 Å². The second-order valence-electron chi connectivity index (χ2n) is 12.2. The van der Waals surface area contributed by atoms with Crippen molar-refractivity contribution in [1.82, 2.24) is 0 Å². The average molecular weight is 399 g/mol. The van der Waals surface area contributed by atoms with Crippen molar-refractivity contribution in [3.63, 3.8) is 0 Å². The first-order chi connectivity index (χ1) is 13.7. The molecule has 164 valence electrons. The molecule has 1 heteroatoms. The molecule has 0 heterocycles. The van der Waals surface area contributed by atoms with E-state index in [1.807, 2.05) is 5.57 Å². The second kappa shape index (κ2) is 7.85. The van der Waals surface area contributed by atoms with Crippen LogP contribution >= 0.6 is 0 Å². The summed E-state index contributed by atoms with van der Waals surface area (Å²) >= 11 is 0. The second-order valence-corrected chi connectivity index (χ2v) is 12.2. The molecule has 0 aromatic carbocycles. The summed E-state index contributed by atoms with van der Waals surface area (Å²) in [7, 11) is 0. The fourth-order valence-electron chi connectivity index (χ4n) is 8.10. The zero-order chi connectivity index (χ0) is 21.0. The molecule has 0 bridgehead atoms. The molecule has 9 atom stereocenters. The van der Waals surface area contributed by atoms with Crippen LogP contribution in [0.1, 0.15) is 92.9 Å². The van der Waals surface area contributed by atoms with E-state index >= 15 is 0 Å². The van der Waals surface area contributed by atoms with E-state index in [2.05, 4.69) is 59.8 Å². The maximum Gasteiger partial charge on any atom is 0.0543 e. The molecule has 0 spiro atoms. The van der Waals surface area contributed by atoms with Gasteiger partial charge in [-0.3, -0.25) is 0 Å². The smallest absolute Gasteiger partial charge is 0.0543 e. The van der Waals surface area contributed by atoms with Gasteiger partial charge in [0.05, 0.1) is 6.10 Å². The predicted octanol–water partition coefficient (Wildman–Crippen LogP) is 7.41. The molecule has 2 unspecified atom stereocenters. The zero-order valence-electron chi connectivity index (χ0n) is 20.0. The van der Waals surface area contributed by atoms with Crippen LogP contribution in [0, 0.1) is 52.3 Å². The Kier molecular flexibility index (Phi) is 5.86. The third kappa shape index (κ3) is 3.58. The van der Waals surface area contributed by atoms with Gasteiger partial charge in [0.2, 0.25) is 0 Å². The van der Waals surface area contributed by atoms with E-state index < -0.39 is 0 Å². The van der Waals surface area contributed by atoms with Crippen molar-refractivity contribution in [2.75, 3.05) is 0 Å². The summed E-state index contributed by atoms with van der Waals surface area (Å²) in [5.41, 5.74) is 2.74. The van der Waals surface area contributed by atoms with Crippen LogP contribution in [0.2, 0.25) is 0 Å². The minimum Gasteiger partial charge on any atom is -0.393 e. The summed E-state index contributed by atoms with van der Waals surface area (Å²) in [5.74, 6) is 5.29. The Morgan fingerprint density at radius 2 is 1.76 bits per heavy atom. The number of aliphatic hydroxyl groups is 1.